The first-order chi connectivity index (χ1) is 11.9. The minimum absolute atomic E-state index is 0.359. The average Bonchev–Trinajstić information content (AvgIpc) is 2.59. The van der Waals surface area contributed by atoms with Crippen molar-refractivity contribution in [1.29, 1.82) is 0 Å². The third kappa shape index (κ3) is 4.90. The molecule has 0 heterocycles. The maximum atomic E-state index is 12.3. The summed E-state index contributed by atoms with van der Waals surface area (Å²) in [5.41, 5.74) is 4.02. The smallest absolute Gasteiger partial charge is 0.338 e. The standard InChI is InChI=1S/C20H23NO4/c1-13-6-5-7-14(2)18(13)21-19(22)15(3)25-20(23)17-10-8-16(9-11-17)12-24-4/h5-11,15H,12H2,1-4H3,(H,21,22). The Kier molecular flexibility index (Phi) is 6.31. The molecule has 0 bridgehead atoms. The molecular weight excluding hydrogens is 318 g/mol. The SMILES string of the molecule is COCc1ccc(C(=O)OC(C)C(=O)Nc2c(C)cccc2C)cc1. The average molecular weight is 341 g/mol. The highest BCUT2D eigenvalue weighted by Crippen LogP contribution is 2.20. The maximum Gasteiger partial charge on any atom is 0.338 e. The number of anilines is 1. The summed E-state index contributed by atoms with van der Waals surface area (Å²) in [5.74, 6) is -0.894. The Morgan fingerprint density at radius 3 is 2.20 bits per heavy atom. The molecule has 1 atom stereocenters. The number of hydrogen-bond acceptors (Lipinski definition) is 4. The molecule has 5 heteroatoms. The number of benzene rings is 2. The van der Waals surface area contributed by atoms with Gasteiger partial charge >= 0.3 is 5.97 Å². The van der Waals surface area contributed by atoms with Crippen LogP contribution < -0.4 is 5.32 Å². The summed E-state index contributed by atoms with van der Waals surface area (Å²) < 4.78 is 10.3. The van der Waals surface area contributed by atoms with Crippen LogP contribution in [-0.4, -0.2) is 25.1 Å². The van der Waals surface area contributed by atoms with Crippen molar-refractivity contribution in [2.24, 2.45) is 0 Å². The Bertz CT molecular complexity index is 733. The van der Waals surface area contributed by atoms with Crippen molar-refractivity contribution in [3.8, 4) is 0 Å². The second-order valence-electron chi connectivity index (χ2n) is 5.93. The molecule has 1 unspecified atom stereocenters. The molecule has 0 saturated heterocycles. The molecule has 2 rings (SSSR count). The maximum absolute atomic E-state index is 12.3. The van der Waals surface area contributed by atoms with Gasteiger partial charge in [0.05, 0.1) is 12.2 Å². The Morgan fingerprint density at radius 1 is 1.04 bits per heavy atom. The van der Waals surface area contributed by atoms with Gasteiger partial charge in [-0.1, -0.05) is 30.3 Å². The molecule has 0 aromatic heterocycles. The zero-order chi connectivity index (χ0) is 18.4. The zero-order valence-corrected chi connectivity index (χ0v) is 15.0. The number of hydrogen-bond donors (Lipinski definition) is 1. The fraction of sp³-hybridized carbons (Fsp3) is 0.300. The summed E-state index contributed by atoms with van der Waals surface area (Å²) in [4.78, 5) is 24.5. The predicted octanol–water partition coefficient (Wildman–Crippen LogP) is 3.63. The molecule has 0 spiro atoms. The third-order valence-corrected chi connectivity index (χ3v) is 3.88. The number of nitrogens with one attached hydrogen (secondary N) is 1. The summed E-state index contributed by atoms with van der Waals surface area (Å²) in [7, 11) is 1.61. The summed E-state index contributed by atoms with van der Waals surface area (Å²) in [6.07, 6.45) is -0.898. The topological polar surface area (TPSA) is 64.6 Å². The lowest BCUT2D eigenvalue weighted by Crippen LogP contribution is -2.30. The van der Waals surface area contributed by atoms with Crippen molar-refractivity contribution < 1.29 is 19.1 Å². The molecule has 132 valence electrons. The quantitative estimate of drug-likeness (QED) is 0.815. The van der Waals surface area contributed by atoms with E-state index in [9.17, 15) is 9.59 Å². The Balaban J connectivity index is 1.99. The van der Waals surface area contributed by atoms with Gasteiger partial charge in [0.2, 0.25) is 0 Å². The third-order valence-electron chi connectivity index (χ3n) is 3.88. The molecule has 0 saturated carbocycles. The van der Waals surface area contributed by atoms with E-state index in [1.165, 1.54) is 0 Å². The fourth-order valence-electron chi connectivity index (χ4n) is 2.42. The van der Waals surface area contributed by atoms with Gasteiger partial charge in [-0.25, -0.2) is 4.79 Å². The van der Waals surface area contributed by atoms with Crippen molar-refractivity contribution in [2.45, 2.75) is 33.5 Å². The van der Waals surface area contributed by atoms with Crippen molar-refractivity contribution in [1.82, 2.24) is 0 Å². The van der Waals surface area contributed by atoms with Crippen LogP contribution in [0.25, 0.3) is 0 Å². The van der Waals surface area contributed by atoms with Gasteiger partial charge < -0.3 is 14.8 Å². The molecule has 2 aromatic rings. The van der Waals surface area contributed by atoms with Gasteiger partial charge in [-0.05, 0) is 49.6 Å². The molecule has 0 aliphatic heterocycles. The molecule has 0 radical (unpaired) electrons. The van der Waals surface area contributed by atoms with Crippen LogP contribution in [0.3, 0.4) is 0 Å². The van der Waals surface area contributed by atoms with Crippen LogP contribution in [0.15, 0.2) is 42.5 Å². The van der Waals surface area contributed by atoms with Crippen molar-refractivity contribution in [2.75, 3.05) is 12.4 Å². The van der Waals surface area contributed by atoms with Gasteiger partial charge in [0.1, 0.15) is 0 Å². The van der Waals surface area contributed by atoms with E-state index in [0.29, 0.717) is 12.2 Å². The van der Waals surface area contributed by atoms with Crippen LogP contribution in [0, 0.1) is 13.8 Å². The summed E-state index contributed by atoms with van der Waals surface area (Å²) in [6.45, 7) is 5.87. The number of carbonyl (C=O) groups excluding carboxylic acids is 2. The summed E-state index contributed by atoms with van der Waals surface area (Å²) in [6, 6.07) is 12.7. The largest absolute Gasteiger partial charge is 0.449 e. The van der Waals surface area contributed by atoms with Crippen LogP contribution in [0.2, 0.25) is 0 Å². The van der Waals surface area contributed by atoms with Gasteiger partial charge in [0.25, 0.3) is 5.91 Å². The van der Waals surface area contributed by atoms with Gasteiger partial charge in [-0.2, -0.15) is 0 Å². The van der Waals surface area contributed by atoms with Crippen LogP contribution in [0.1, 0.15) is 34.0 Å². The van der Waals surface area contributed by atoms with E-state index < -0.39 is 12.1 Å². The first-order valence-electron chi connectivity index (χ1n) is 8.08. The van der Waals surface area contributed by atoms with Crippen molar-refractivity contribution >= 4 is 17.6 Å². The summed E-state index contributed by atoms with van der Waals surface area (Å²) in [5, 5.41) is 2.83. The zero-order valence-electron chi connectivity index (χ0n) is 15.0. The molecule has 2 aromatic carbocycles. The highest BCUT2D eigenvalue weighted by molar-refractivity contribution is 5.98. The van der Waals surface area contributed by atoms with Gasteiger partial charge in [0, 0.05) is 12.8 Å². The number of rotatable bonds is 6. The minimum Gasteiger partial charge on any atom is -0.449 e. The van der Waals surface area contributed by atoms with Crippen LogP contribution >= 0.6 is 0 Å². The molecular formula is C20H23NO4. The van der Waals surface area contributed by atoms with Crippen molar-refractivity contribution in [3.05, 3.63) is 64.7 Å². The number of para-hydroxylation sites is 1. The number of esters is 1. The Labute approximate surface area is 148 Å². The van der Waals surface area contributed by atoms with E-state index in [1.54, 1.807) is 38.3 Å². The van der Waals surface area contributed by atoms with E-state index in [4.69, 9.17) is 9.47 Å². The predicted molar refractivity (Wildman–Crippen MR) is 96.6 cm³/mol. The molecule has 1 amide bonds. The van der Waals surface area contributed by atoms with Gasteiger partial charge in [0.15, 0.2) is 6.10 Å². The van der Waals surface area contributed by atoms with E-state index in [0.717, 1.165) is 22.4 Å². The molecule has 25 heavy (non-hydrogen) atoms. The first kappa shape index (κ1) is 18.7. The molecule has 1 N–H and O–H groups in total. The highest BCUT2D eigenvalue weighted by Gasteiger charge is 2.20. The van der Waals surface area contributed by atoms with E-state index in [1.807, 2.05) is 32.0 Å². The second-order valence-corrected chi connectivity index (χ2v) is 5.93. The van der Waals surface area contributed by atoms with Crippen LogP contribution in [0.4, 0.5) is 5.69 Å². The number of carbonyl (C=O) groups is 2. The molecule has 5 nitrogen and oxygen atoms in total. The summed E-state index contributed by atoms with van der Waals surface area (Å²) >= 11 is 0. The number of amides is 1. The molecule has 0 aliphatic carbocycles. The van der Waals surface area contributed by atoms with Crippen LogP contribution in [-0.2, 0) is 20.9 Å². The van der Waals surface area contributed by atoms with Gasteiger partial charge in [-0.3, -0.25) is 4.79 Å². The van der Waals surface area contributed by atoms with Crippen LogP contribution in [0.5, 0.6) is 0 Å². The lowest BCUT2D eigenvalue weighted by molar-refractivity contribution is -0.123. The van der Waals surface area contributed by atoms with E-state index in [2.05, 4.69) is 5.32 Å². The number of aryl methyl sites for hydroxylation is 2. The number of methoxy groups -OCH3 is 1. The van der Waals surface area contributed by atoms with E-state index in [-0.39, 0.29) is 5.91 Å². The lowest BCUT2D eigenvalue weighted by Gasteiger charge is -2.16. The van der Waals surface area contributed by atoms with Crippen molar-refractivity contribution in [3.63, 3.8) is 0 Å². The Hall–Kier alpha value is -2.66. The van der Waals surface area contributed by atoms with Gasteiger partial charge in [-0.15, -0.1) is 0 Å². The molecule has 0 fully saturated rings. The highest BCUT2D eigenvalue weighted by atomic mass is 16.5. The second kappa shape index (κ2) is 8.44. The minimum atomic E-state index is -0.898. The Morgan fingerprint density at radius 2 is 1.64 bits per heavy atom. The molecule has 0 aliphatic rings. The number of ether oxygens (including phenoxy) is 2. The van der Waals surface area contributed by atoms with E-state index >= 15 is 0 Å². The lowest BCUT2D eigenvalue weighted by atomic mass is 10.1. The monoisotopic (exact) mass is 341 g/mol. The first-order valence-corrected chi connectivity index (χ1v) is 8.08. The fourth-order valence-corrected chi connectivity index (χ4v) is 2.42. The normalized spacial score (nSPS) is 11.7.